The first-order valence-electron chi connectivity index (χ1n) is 5.77. The molecule has 4 heteroatoms. The first kappa shape index (κ1) is 10.9. The van der Waals surface area contributed by atoms with Crippen LogP contribution >= 0.6 is 0 Å². The highest BCUT2D eigenvalue weighted by Crippen LogP contribution is 2.32. The number of amides is 1. The van der Waals surface area contributed by atoms with Gasteiger partial charge in [0.15, 0.2) is 0 Å². The van der Waals surface area contributed by atoms with Crippen LogP contribution in [0.4, 0.5) is 0 Å². The van der Waals surface area contributed by atoms with Crippen LogP contribution in [0, 0.1) is 5.92 Å². The van der Waals surface area contributed by atoms with Crippen LogP contribution in [-0.4, -0.2) is 37.7 Å². The van der Waals surface area contributed by atoms with Gasteiger partial charge in [0.1, 0.15) is 0 Å². The zero-order valence-electron chi connectivity index (χ0n) is 9.45. The van der Waals surface area contributed by atoms with Gasteiger partial charge in [-0.25, -0.2) is 0 Å². The van der Waals surface area contributed by atoms with Crippen LogP contribution in [0.3, 0.4) is 0 Å². The van der Waals surface area contributed by atoms with E-state index in [1.165, 1.54) is 12.8 Å². The van der Waals surface area contributed by atoms with E-state index in [1.54, 1.807) is 7.11 Å². The van der Waals surface area contributed by atoms with Crippen molar-refractivity contribution in [2.24, 2.45) is 5.92 Å². The molecule has 2 fully saturated rings. The summed E-state index contributed by atoms with van der Waals surface area (Å²) >= 11 is 0. The largest absolute Gasteiger partial charge is 0.380 e. The van der Waals surface area contributed by atoms with Crippen molar-refractivity contribution in [1.82, 2.24) is 10.6 Å². The second-order valence-corrected chi connectivity index (χ2v) is 4.69. The summed E-state index contributed by atoms with van der Waals surface area (Å²) in [5.41, 5.74) is 0. The van der Waals surface area contributed by atoms with Crippen molar-refractivity contribution in [2.75, 3.05) is 13.7 Å². The van der Waals surface area contributed by atoms with Crippen molar-refractivity contribution in [3.05, 3.63) is 0 Å². The highest BCUT2D eigenvalue weighted by Gasteiger charge is 2.33. The molecule has 2 N–H and O–H groups in total. The van der Waals surface area contributed by atoms with E-state index >= 15 is 0 Å². The summed E-state index contributed by atoms with van der Waals surface area (Å²) in [7, 11) is 1.69. The molecule has 15 heavy (non-hydrogen) atoms. The molecular weight excluding hydrogens is 192 g/mol. The molecule has 2 aliphatic rings. The monoisotopic (exact) mass is 212 g/mol. The molecule has 3 unspecified atom stereocenters. The number of nitrogens with one attached hydrogen (secondary N) is 2. The Balaban J connectivity index is 1.75. The molecule has 1 heterocycles. The van der Waals surface area contributed by atoms with E-state index in [1.807, 2.05) is 0 Å². The quantitative estimate of drug-likeness (QED) is 0.703. The summed E-state index contributed by atoms with van der Waals surface area (Å²) in [4.78, 5) is 11.8. The Kier molecular flexibility index (Phi) is 3.26. The number of hydrogen-bond acceptors (Lipinski definition) is 3. The summed E-state index contributed by atoms with van der Waals surface area (Å²) in [5.74, 6) is 0.850. The lowest BCUT2D eigenvalue weighted by atomic mass is 10.1. The Morgan fingerprint density at radius 3 is 2.80 bits per heavy atom. The van der Waals surface area contributed by atoms with E-state index in [2.05, 4.69) is 17.6 Å². The minimum atomic E-state index is -0.0591. The maximum Gasteiger partial charge on any atom is 0.237 e. The highest BCUT2D eigenvalue weighted by molar-refractivity contribution is 5.82. The van der Waals surface area contributed by atoms with Crippen LogP contribution in [-0.2, 0) is 9.53 Å². The molecule has 0 radical (unpaired) electrons. The molecule has 2 rings (SSSR count). The molecule has 86 valence electrons. The minimum Gasteiger partial charge on any atom is -0.380 e. The molecule has 0 aromatic carbocycles. The second kappa shape index (κ2) is 4.49. The first-order valence-corrected chi connectivity index (χ1v) is 5.77. The smallest absolute Gasteiger partial charge is 0.237 e. The van der Waals surface area contributed by atoms with Gasteiger partial charge < -0.3 is 15.4 Å². The van der Waals surface area contributed by atoms with Gasteiger partial charge in [-0.1, -0.05) is 0 Å². The van der Waals surface area contributed by atoms with Crippen LogP contribution in [0.5, 0.6) is 0 Å². The van der Waals surface area contributed by atoms with Crippen molar-refractivity contribution in [3.8, 4) is 0 Å². The van der Waals surface area contributed by atoms with Gasteiger partial charge in [-0.05, 0) is 32.1 Å². The highest BCUT2D eigenvalue weighted by atomic mass is 16.5. The maximum absolute atomic E-state index is 11.8. The van der Waals surface area contributed by atoms with Gasteiger partial charge in [-0.3, -0.25) is 4.79 Å². The van der Waals surface area contributed by atoms with Crippen LogP contribution < -0.4 is 10.6 Å². The number of rotatable bonds is 4. The number of hydrogen-bond donors (Lipinski definition) is 2. The molecule has 3 atom stereocenters. The third-order valence-corrected chi connectivity index (χ3v) is 3.44. The van der Waals surface area contributed by atoms with E-state index in [9.17, 15) is 4.79 Å². The Labute approximate surface area is 90.8 Å². The lowest BCUT2D eigenvalue weighted by Crippen LogP contribution is -2.44. The van der Waals surface area contributed by atoms with Crippen molar-refractivity contribution >= 4 is 5.91 Å². The van der Waals surface area contributed by atoms with E-state index in [4.69, 9.17) is 4.74 Å². The number of ether oxygens (including phenoxy) is 1. The number of methoxy groups -OCH3 is 1. The van der Waals surface area contributed by atoms with E-state index in [0.717, 1.165) is 13.0 Å². The predicted octanol–water partition coefficient (Wildman–Crippen LogP) is 0.278. The zero-order valence-corrected chi connectivity index (χ0v) is 9.45. The fourth-order valence-corrected chi connectivity index (χ4v) is 2.12. The Hall–Kier alpha value is -0.610. The van der Waals surface area contributed by atoms with Gasteiger partial charge in [0.2, 0.25) is 5.91 Å². The Morgan fingerprint density at radius 2 is 2.27 bits per heavy atom. The van der Waals surface area contributed by atoms with E-state index in [0.29, 0.717) is 12.0 Å². The van der Waals surface area contributed by atoms with Crippen LogP contribution in [0.15, 0.2) is 0 Å². The van der Waals surface area contributed by atoms with E-state index in [-0.39, 0.29) is 18.1 Å². The Bertz CT molecular complexity index is 241. The molecule has 1 amide bonds. The molecule has 1 aliphatic heterocycles. The summed E-state index contributed by atoms with van der Waals surface area (Å²) < 4.78 is 5.21. The van der Waals surface area contributed by atoms with E-state index < -0.39 is 0 Å². The fraction of sp³-hybridized carbons (Fsp3) is 0.909. The lowest BCUT2D eigenvalue weighted by molar-refractivity contribution is -0.123. The third-order valence-electron chi connectivity index (χ3n) is 3.44. The summed E-state index contributed by atoms with van der Waals surface area (Å²) in [6.07, 6.45) is 3.51. The summed E-state index contributed by atoms with van der Waals surface area (Å²) in [6, 6.07) is 0.275. The van der Waals surface area contributed by atoms with Gasteiger partial charge in [0.25, 0.3) is 0 Å². The number of carbonyl (C=O) groups excluding carboxylic acids is 1. The molecule has 1 saturated carbocycles. The SMILES string of the molecule is COC1CNC(C(=O)NC(C)C2CC2)C1. The summed E-state index contributed by atoms with van der Waals surface area (Å²) in [5, 5.41) is 6.26. The molecule has 0 aromatic rings. The molecule has 4 nitrogen and oxygen atoms in total. The molecular formula is C11H20N2O2. The lowest BCUT2D eigenvalue weighted by Gasteiger charge is -2.16. The molecule has 0 spiro atoms. The number of carbonyl (C=O) groups is 1. The molecule has 1 saturated heterocycles. The van der Waals surface area contributed by atoms with Gasteiger partial charge in [-0.2, -0.15) is 0 Å². The van der Waals surface area contributed by atoms with Crippen molar-refractivity contribution < 1.29 is 9.53 Å². The Morgan fingerprint density at radius 1 is 1.53 bits per heavy atom. The van der Waals surface area contributed by atoms with Crippen LogP contribution in [0.2, 0.25) is 0 Å². The minimum absolute atomic E-state index is 0.0591. The van der Waals surface area contributed by atoms with Gasteiger partial charge in [-0.15, -0.1) is 0 Å². The van der Waals surface area contributed by atoms with Gasteiger partial charge >= 0.3 is 0 Å². The summed E-state index contributed by atoms with van der Waals surface area (Å²) in [6.45, 7) is 2.88. The second-order valence-electron chi connectivity index (χ2n) is 4.69. The average Bonchev–Trinajstić information content (AvgIpc) is 2.96. The molecule has 1 aliphatic carbocycles. The normalized spacial score (nSPS) is 32.7. The standard InChI is InChI=1S/C11H20N2O2/c1-7(8-3-4-8)13-11(14)10-5-9(15-2)6-12-10/h7-10,12H,3-6H2,1-2H3,(H,13,14). The first-order chi connectivity index (χ1) is 7.20. The molecule has 0 bridgehead atoms. The molecule has 0 aromatic heterocycles. The topological polar surface area (TPSA) is 50.4 Å². The average molecular weight is 212 g/mol. The van der Waals surface area contributed by atoms with Crippen LogP contribution in [0.1, 0.15) is 26.2 Å². The van der Waals surface area contributed by atoms with Gasteiger partial charge in [0.05, 0.1) is 12.1 Å². The van der Waals surface area contributed by atoms with Crippen molar-refractivity contribution in [3.63, 3.8) is 0 Å². The van der Waals surface area contributed by atoms with Gasteiger partial charge in [0, 0.05) is 19.7 Å². The van der Waals surface area contributed by atoms with Crippen LogP contribution in [0.25, 0.3) is 0 Å². The predicted molar refractivity (Wildman–Crippen MR) is 57.5 cm³/mol. The van der Waals surface area contributed by atoms with Crippen molar-refractivity contribution in [2.45, 2.75) is 44.4 Å². The third kappa shape index (κ3) is 2.69. The van der Waals surface area contributed by atoms with Crippen molar-refractivity contribution in [1.29, 1.82) is 0 Å². The zero-order chi connectivity index (χ0) is 10.8. The maximum atomic E-state index is 11.8. The fourth-order valence-electron chi connectivity index (χ4n) is 2.12.